The van der Waals surface area contributed by atoms with Crippen LogP contribution in [0.1, 0.15) is 26.7 Å². The quantitative estimate of drug-likeness (QED) is 0.648. The van der Waals surface area contributed by atoms with Gasteiger partial charge >= 0.3 is 0 Å². The van der Waals surface area contributed by atoms with Gasteiger partial charge in [0.1, 0.15) is 5.60 Å². The van der Waals surface area contributed by atoms with Crippen molar-refractivity contribution in [1.82, 2.24) is 0 Å². The summed E-state index contributed by atoms with van der Waals surface area (Å²) in [7, 11) is 0. The number of hydrogen-bond donors (Lipinski definition) is 1. The molecule has 0 radical (unpaired) electrons. The SMILES string of the molecule is C=C1CC[C@]2(COC(C)(C)O2)[C@H]1CO. The zero-order chi connectivity index (χ0) is 10.4. The van der Waals surface area contributed by atoms with Crippen LogP contribution in [0.5, 0.6) is 0 Å². The molecule has 80 valence electrons. The summed E-state index contributed by atoms with van der Waals surface area (Å²) in [5, 5.41) is 9.34. The minimum absolute atomic E-state index is 0.0456. The standard InChI is InChI=1S/C11H18O3/c1-8-4-5-11(9(8)6-12)7-13-10(2,3)14-11/h9,12H,1,4-7H2,2-3H3/t9-,11-/m0/s1. The van der Waals surface area contributed by atoms with Crippen molar-refractivity contribution in [1.29, 1.82) is 0 Å². The maximum atomic E-state index is 9.34. The molecule has 1 spiro atoms. The molecule has 1 aliphatic carbocycles. The molecule has 0 aromatic rings. The minimum atomic E-state index is -0.516. The topological polar surface area (TPSA) is 38.7 Å². The van der Waals surface area contributed by atoms with Crippen LogP contribution in [0.25, 0.3) is 0 Å². The van der Waals surface area contributed by atoms with Crippen LogP contribution in [0, 0.1) is 5.92 Å². The molecule has 0 aromatic heterocycles. The van der Waals surface area contributed by atoms with E-state index >= 15 is 0 Å². The van der Waals surface area contributed by atoms with Crippen LogP contribution in [0.4, 0.5) is 0 Å². The summed E-state index contributed by atoms with van der Waals surface area (Å²) in [5.74, 6) is -0.470. The van der Waals surface area contributed by atoms with Gasteiger partial charge in [0.05, 0.1) is 13.2 Å². The van der Waals surface area contributed by atoms with E-state index in [0.29, 0.717) is 6.61 Å². The van der Waals surface area contributed by atoms with E-state index in [9.17, 15) is 5.11 Å². The van der Waals surface area contributed by atoms with Gasteiger partial charge in [-0.25, -0.2) is 0 Å². The fraction of sp³-hybridized carbons (Fsp3) is 0.818. The lowest BCUT2D eigenvalue weighted by Crippen LogP contribution is -2.40. The Morgan fingerprint density at radius 3 is 2.79 bits per heavy atom. The van der Waals surface area contributed by atoms with Gasteiger partial charge in [-0.3, -0.25) is 0 Å². The van der Waals surface area contributed by atoms with E-state index < -0.39 is 5.79 Å². The molecule has 1 saturated heterocycles. The summed E-state index contributed by atoms with van der Waals surface area (Å²) in [6.07, 6.45) is 1.85. The molecule has 1 heterocycles. The highest BCUT2D eigenvalue weighted by atomic mass is 16.8. The van der Waals surface area contributed by atoms with E-state index in [1.165, 1.54) is 0 Å². The first kappa shape index (κ1) is 10.1. The lowest BCUT2D eigenvalue weighted by Gasteiger charge is -2.30. The van der Waals surface area contributed by atoms with E-state index in [0.717, 1.165) is 18.4 Å². The summed E-state index contributed by atoms with van der Waals surface area (Å²) in [6, 6.07) is 0. The normalized spacial score (nSPS) is 41.1. The third kappa shape index (κ3) is 1.40. The third-order valence-corrected chi connectivity index (χ3v) is 3.29. The highest BCUT2D eigenvalue weighted by Gasteiger charge is 2.53. The van der Waals surface area contributed by atoms with Crippen LogP contribution in [0.2, 0.25) is 0 Å². The second-order valence-electron chi connectivity index (χ2n) is 4.75. The van der Waals surface area contributed by atoms with Crippen LogP contribution in [0.15, 0.2) is 12.2 Å². The first-order valence-corrected chi connectivity index (χ1v) is 5.12. The van der Waals surface area contributed by atoms with Crippen molar-refractivity contribution in [3.05, 3.63) is 12.2 Å². The van der Waals surface area contributed by atoms with Gasteiger partial charge in [-0.2, -0.15) is 0 Å². The lowest BCUT2D eigenvalue weighted by atomic mass is 9.90. The average molecular weight is 198 g/mol. The maximum Gasteiger partial charge on any atom is 0.163 e. The largest absolute Gasteiger partial charge is 0.396 e. The van der Waals surface area contributed by atoms with Gasteiger partial charge in [0.2, 0.25) is 0 Å². The van der Waals surface area contributed by atoms with Crippen molar-refractivity contribution in [2.45, 2.75) is 38.1 Å². The first-order chi connectivity index (χ1) is 6.49. The summed E-state index contributed by atoms with van der Waals surface area (Å²) >= 11 is 0. The molecule has 0 bridgehead atoms. The van der Waals surface area contributed by atoms with Crippen molar-refractivity contribution in [2.75, 3.05) is 13.2 Å². The fourth-order valence-electron chi connectivity index (χ4n) is 2.53. The molecule has 0 unspecified atom stereocenters. The molecule has 2 atom stereocenters. The number of rotatable bonds is 1. The molecule has 1 saturated carbocycles. The summed E-state index contributed by atoms with van der Waals surface area (Å²) in [6.45, 7) is 8.49. The van der Waals surface area contributed by atoms with Crippen LogP contribution in [-0.2, 0) is 9.47 Å². The van der Waals surface area contributed by atoms with E-state index in [2.05, 4.69) is 6.58 Å². The predicted molar refractivity (Wildman–Crippen MR) is 52.8 cm³/mol. The molecule has 2 fully saturated rings. The molecule has 1 N–H and O–H groups in total. The van der Waals surface area contributed by atoms with Crippen LogP contribution >= 0.6 is 0 Å². The second-order valence-corrected chi connectivity index (χ2v) is 4.75. The number of hydrogen-bond acceptors (Lipinski definition) is 3. The van der Waals surface area contributed by atoms with E-state index in [1.54, 1.807) is 0 Å². The Hall–Kier alpha value is -0.380. The molecule has 3 heteroatoms. The number of ether oxygens (including phenoxy) is 2. The molecule has 1 aliphatic heterocycles. The Morgan fingerprint density at radius 2 is 2.29 bits per heavy atom. The summed E-state index contributed by atoms with van der Waals surface area (Å²) in [4.78, 5) is 0. The molecule has 0 amide bonds. The lowest BCUT2D eigenvalue weighted by molar-refractivity contribution is -0.169. The highest BCUT2D eigenvalue weighted by Crippen LogP contribution is 2.48. The van der Waals surface area contributed by atoms with Crippen molar-refractivity contribution in [2.24, 2.45) is 5.92 Å². The highest BCUT2D eigenvalue weighted by molar-refractivity contribution is 5.18. The van der Waals surface area contributed by atoms with Gasteiger partial charge in [-0.05, 0) is 26.7 Å². The molecule has 2 aliphatic rings. The fourth-order valence-corrected chi connectivity index (χ4v) is 2.53. The van der Waals surface area contributed by atoms with E-state index in [4.69, 9.17) is 9.47 Å². The van der Waals surface area contributed by atoms with Gasteiger partial charge in [-0.1, -0.05) is 12.2 Å². The van der Waals surface area contributed by atoms with Crippen LogP contribution in [0.3, 0.4) is 0 Å². The molecule has 3 nitrogen and oxygen atoms in total. The van der Waals surface area contributed by atoms with Crippen molar-refractivity contribution in [3.63, 3.8) is 0 Å². The second kappa shape index (κ2) is 3.05. The molecule has 14 heavy (non-hydrogen) atoms. The zero-order valence-electron chi connectivity index (χ0n) is 8.88. The average Bonchev–Trinajstić information content (AvgIpc) is 2.55. The Morgan fingerprint density at radius 1 is 1.57 bits per heavy atom. The summed E-state index contributed by atoms with van der Waals surface area (Å²) < 4.78 is 11.5. The monoisotopic (exact) mass is 198 g/mol. The van der Waals surface area contributed by atoms with Gasteiger partial charge in [0.15, 0.2) is 5.79 Å². The smallest absolute Gasteiger partial charge is 0.163 e. The Balaban J connectivity index is 2.21. The van der Waals surface area contributed by atoms with Gasteiger partial charge < -0.3 is 14.6 Å². The predicted octanol–water partition coefficient (Wildman–Crippen LogP) is 1.47. The minimum Gasteiger partial charge on any atom is -0.396 e. The Labute approximate surface area is 84.7 Å². The van der Waals surface area contributed by atoms with Crippen LogP contribution < -0.4 is 0 Å². The Bertz CT molecular complexity index is 259. The third-order valence-electron chi connectivity index (χ3n) is 3.29. The van der Waals surface area contributed by atoms with Gasteiger partial charge in [0.25, 0.3) is 0 Å². The van der Waals surface area contributed by atoms with Gasteiger partial charge in [0, 0.05) is 5.92 Å². The Kier molecular flexibility index (Phi) is 2.21. The molecule has 2 rings (SSSR count). The van der Waals surface area contributed by atoms with E-state index in [1.807, 2.05) is 13.8 Å². The number of aliphatic hydroxyl groups excluding tert-OH is 1. The van der Waals surface area contributed by atoms with Gasteiger partial charge in [-0.15, -0.1) is 0 Å². The zero-order valence-corrected chi connectivity index (χ0v) is 8.88. The number of aliphatic hydroxyl groups is 1. The van der Waals surface area contributed by atoms with Crippen molar-refractivity contribution < 1.29 is 14.6 Å². The summed E-state index contributed by atoms with van der Waals surface area (Å²) in [5.41, 5.74) is 0.781. The first-order valence-electron chi connectivity index (χ1n) is 5.12. The molecular weight excluding hydrogens is 180 g/mol. The maximum absolute atomic E-state index is 9.34. The van der Waals surface area contributed by atoms with E-state index in [-0.39, 0.29) is 18.1 Å². The molecule has 0 aromatic carbocycles. The van der Waals surface area contributed by atoms with Crippen molar-refractivity contribution in [3.8, 4) is 0 Å². The van der Waals surface area contributed by atoms with Crippen molar-refractivity contribution >= 4 is 0 Å². The van der Waals surface area contributed by atoms with Crippen LogP contribution in [-0.4, -0.2) is 29.7 Å². The molecular formula is C11H18O3.